The van der Waals surface area contributed by atoms with Crippen molar-refractivity contribution < 1.29 is 19.4 Å². The highest BCUT2D eigenvalue weighted by Crippen LogP contribution is 2.19. The van der Waals surface area contributed by atoms with Crippen molar-refractivity contribution in [3.63, 3.8) is 0 Å². The molecule has 0 radical (unpaired) electrons. The molecule has 102 valence electrons. The number of amides is 1. The molecule has 1 rings (SSSR count). The number of carbonyl (C=O) groups excluding carboxylic acids is 1. The third kappa shape index (κ3) is 4.16. The van der Waals surface area contributed by atoms with Crippen molar-refractivity contribution >= 4 is 5.91 Å². The summed E-state index contributed by atoms with van der Waals surface area (Å²) in [5.74, 6) is 0.136. The molecule has 0 spiro atoms. The minimum Gasteiger partial charge on any atom is -0.466 e. The molecule has 3 N–H and O–H groups in total. The van der Waals surface area contributed by atoms with Crippen LogP contribution in [0, 0.1) is 5.92 Å². The molecule has 1 amide bonds. The molecule has 0 saturated heterocycles. The van der Waals surface area contributed by atoms with E-state index in [1.165, 1.54) is 6.26 Å². The molecule has 0 bridgehead atoms. The summed E-state index contributed by atoms with van der Waals surface area (Å²) in [4.78, 5) is 11.6. The van der Waals surface area contributed by atoms with E-state index in [4.69, 9.17) is 4.42 Å². The zero-order valence-corrected chi connectivity index (χ0v) is 11.0. The molecule has 5 nitrogen and oxygen atoms in total. The minimum atomic E-state index is -1.25. The highest BCUT2D eigenvalue weighted by molar-refractivity contribution is 5.76. The molecular formula is C13H21NO4. The predicted octanol–water partition coefficient (Wildman–Crippen LogP) is 1.01. The van der Waals surface area contributed by atoms with Crippen LogP contribution in [0.1, 0.15) is 33.0 Å². The topological polar surface area (TPSA) is 82.7 Å². The molecule has 0 aliphatic heterocycles. The van der Waals surface area contributed by atoms with Crippen molar-refractivity contribution in [1.29, 1.82) is 0 Å². The van der Waals surface area contributed by atoms with E-state index in [-0.39, 0.29) is 24.8 Å². The van der Waals surface area contributed by atoms with Crippen molar-refractivity contribution in [2.75, 3.05) is 6.54 Å². The number of aliphatic hydroxyl groups is 2. The Bertz CT molecular complexity index is 370. The van der Waals surface area contributed by atoms with Crippen LogP contribution in [0.2, 0.25) is 0 Å². The summed E-state index contributed by atoms with van der Waals surface area (Å²) in [6.45, 7) is 5.29. The van der Waals surface area contributed by atoms with Gasteiger partial charge in [-0.15, -0.1) is 0 Å². The molecule has 2 atom stereocenters. The number of nitrogens with one attached hydrogen (secondary N) is 1. The van der Waals surface area contributed by atoms with Gasteiger partial charge >= 0.3 is 0 Å². The number of furan rings is 1. The highest BCUT2D eigenvalue weighted by Gasteiger charge is 2.27. The minimum absolute atomic E-state index is 0.0290. The molecule has 0 aliphatic rings. The predicted molar refractivity (Wildman–Crippen MR) is 66.8 cm³/mol. The standard InChI is InChI=1S/C13H21NO4/c1-9(2)10(15)7-12(16)14-8-13(3,17)11-5-4-6-18-11/h4-6,9-10,15,17H,7-8H2,1-3H3,(H,14,16). The monoisotopic (exact) mass is 255 g/mol. The van der Waals surface area contributed by atoms with Gasteiger partial charge in [0.15, 0.2) is 0 Å². The van der Waals surface area contributed by atoms with Crippen LogP contribution >= 0.6 is 0 Å². The summed E-state index contributed by atoms with van der Waals surface area (Å²) in [6.07, 6.45) is 0.832. The van der Waals surface area contributed by atoms with Gasteiger partial charge in [0.05, 0.1) is 25.3 Å². The number of hydrogen-bond acceptors (Lipinski definition) is 4. The van der Waals surface area contributed by atoms with Crippen LogP contribution in [0.15, 0.2) is 22.8 Å². The lowest BCUT2D eigenvalue weighted by atomic mass is 10.0. The third-order valence-corrected chi connectivity index (χ3v) is 2.85. The van der Waals surface area contributed by atoms with Gasteiger partial charge in [0, 0.05) is 0 Å². The van der Waals surface area contributed by atoms with Crippen LogP contribution in [0.5, 0.6) is 0 Å². The fourth-order valence-corrected chi connectivity index (χ4v) is 1.44. The largest absolute Gasteiger partial charge is 0.466 e. The van der Waals surface area contributed by atoms with E-state index in [0.29, 0.717) is 5.76 Å². The molecule has 0 aromatic carbocycles. The molecular weight excluding hydrogens is 234 g/mol. The first-order chi connectivity index (χ1) is 8.33. The SMILES string of the molecule is CC(C)C(O)CC(=O)NCC(C)(O)c1ccco1. The van der Waals surface area contributed by atoms with E-state index in [0.717, 1.165) is 0 Å². The molecule has 0 fully saturated rings. The Kier molecular flexibility index (Phi) is 4.93. The van der Waals surface area contributed by atoms with Crippen molar-refractivity contribution in [2.45, 2.75) is 38.9 Å². The van der Waals surface area contributed by atoms with Crippen molar-refractivity contribution in [3.05, 3.63) is 24.2 Å². The van der Waals surface area contributed by atoms with Crippen molar-refractivity contribution in [2.24, 2.45) is 5.92 Å². The summed E-state index contributed by atoms with van der Waals surface area (Å²) in [5.41, 5.74) is -1.25. The van der Waals surface area contributed by atoms with Gasteiger partial charge in [-0.25, -0.2) is 0 Å². The summed E-state index contributed by atoms with van der Waals surface area (Å²) >= 11 is 0. The molecule has 1 aromatic heterocycles. The van der Waals surface area contributed by atoms with E-state index in [9.17, 15) is 15.0 Å². The van der Waals surface area contributed by atoms with Crippen LogP contribution < -0.4 is 5.32 Å². The summed E-state index contributed by atoms with van der Waals surface area (Å²) in [6, 6.07) is 3.32. The number of aliphatic hydroxyl groups excluding tert-OH is 1. The lowest BCUT2D eigenvalue weighted by Gasteiger charge is -2.22. The van der Waals surface area contributed by atoms with Crippen LogP contribution in [-0.2, 0) is 10.4 Å². The van der Waals surface area contributed by atoms with Gasteiger partial charge in [0.2, 0.25) is 5.91 Å². The lowest BCUT2D eigenvalue weighted by molar-refractivity contribution is -0.124. The van der Waals surface area contributed by atoms with Crippen LogP contribution in [0.3, 0.4) is 0 Å². The van der Waals surface area contributed by atoms with E-state index < -0.39 is 11.7 Å². The first-order valence-electron chi connectivity index (χ1n) is 6.04. The molecule has 5 heteroatoms. The highest BCUT2D eigenvalue weighted by atomic mass is 16.4. The maximum Gasteiger partial charge on any atom is 0.222 e. The normalized spacial score (nSPS) is 16.3. The maximum atomic E-state index is 11.6. The fourth-order valence-electron chi connectivity index (χ4n) is 1.44. The van der Waals surface area contributed by atoms with Crippen LogP contribution in [0.25, 0.3) is 0 Å². The Morgan fingerprint density at radius 3 is 2.72 bits per heavy atom. The summed E-state index contributed by atoms with van der Waals surface area (Å²) in [7, 11) is 0. The fraction of sp³-hybridized carbons (Fsp3) is 0.615. The molecule has 0 saturated carbocycles. The van der Waals surface area contributed by atoms with Gasteiger partial charge in [-0.05, 0) is 25.0 Å². The Balaban J connectivity index is 2.43. The van der Waals surface area contributed by atoms with Gasteiger partial charge in [-0.2, -0.15) is 0 Å². The van der Waals surface area contributed by atoms with Crippen molar-refractivity contribution in [3.8, 4) is 0 Å². The molecule has 1 aromatic rings. The quantitative estimate of drug-likeness (QED) is 0.708. The Hall–Kier alpha value is -1.33. The zero-order chi connectivity index (χ0) is 13.8. The molecule has 2 unspecified atom stereocenters. The van der Waals surface area contributed by atoms with E-state index in [1.807, 2.05) is 13.8 Å². The number of rotatable bonds is 6. The smallest absolute Gasteiger partial charge is 0.222 e. The van der Waals surface area contributed by atoms with Crippen LogP contribution in [-0.4, -0.2) is 28.8 Å². The Morgan fingerprint density at radius 1 is 1.56 bits per heavy atom. The second kappa shape index (κ2) is 6.02. The second-order valence-corrected chi connectivity index (χ2v) is 5.04. The summed E-state index contributed by atoms with van der Waals surface area (Å²) in [5, 5.41) is 22.3. The van der Waals surface area contributed by atoms with Crippen LogP contribution in [0.4, 0.5) is 0 Å². The zero-order valence-electron chi connectivity index (χ0n) is 11.0. The Morgan fingerprint density at radius 2 is 2.22 bits per heavy atom. The number of carbonyl (C=O) groups is 1. The van der Waals surface area contributed by atoms with Gasteiger partial charge in [0.25, 0.3) is 0 Å². The maximum absolute atomic E-state index is 11.6. The average molecular weight is 255 g/mol. The first-order valence-corrected chi connectivity index (χ1v) is 6.04. The van der Waals surface area contributed by atoms with Gasteiger partial charge < -0.3 is 19.9 Å². The lowest BCUT2D eigenvalue weighted by Crippen LogP contribution is -2.39. The Labute approximate surface area is 107 Å². The number of hydrogen-bond donors (Lipinski definition) is 3. The second-order valence-electron chi connectivity index (χ2n) is 5.04. The average Bonchev–Trinajstić information content (AvgIpc) is 2.80. The van der Waals surface area contributed by atoms with E-state index in [2.05, 4.69) is 5.32 Å². The molecule has 1 heterocycles. The third-order valence-electron chi connectivity index (χ3n) is 2.85. The van der Waals surface area contributed by atoms with Gasteiger partial charge in [0.1, 0.15) is 11.4 Å². The summed E-state index contributed by atoms with van der Waals surface area (Å²) < 4.78 is 5.10. The molecule has 18 heavy (non-hydrogen) atoms. The van der Waals surface area contributed by atoms with E-state index in [1.54, 1.807) is 19.1 Å². The van der Waals surface area contributed by atoms with Gasteiger partial charge in [-0.1, -0.05) is 13.8 Å². The molecule has 0 aliphatic carbocycles. The van der Waals surface area contributed by atoms with E-state index >= 15 is 0 Å². The van der Waals surface area contributed by atoms with Gasteiger partial charge in [-0.3, -0.25) is 4.79 Å². The first kappa shape index (κ1) is 14.7. The van der Waals surface area contributed by atoms with Crippen molar-refractivity contribution in [1.82, 2.24) is 5.32 Å².